The van der Waals surface area contributed by atoms with E-state index in [-0.39, 0.29) is 18.3 Å². The molecule has 1 fully saturated rings. The molecule has 0 radical (unpaired) electrons. The van der Waals surface area contributed by atoms with Crippen molar-refractivity contribution in [1.82, 2.24) is 15.1 Å². The fourth-order valence-corrected chi connectivity index (χ4v) is 3.45. The normalized spacial score (nSPS) is 15.7. The number of hydrogen-bond donors (Lipinski definition) is 1. The highest BCUT2D eigenvalue weighted by Crippen LogP contribution is 2.25. The monoisotopic (exact) mass is 337 g/mol. The number of anilines is 1. The molecule has 1 aromatic heterocycles. The van der Waals surface area contributed by atoms with Crippen LogP contribution in [-0.4, -0.2) is 59.6 Å². The average molecular weight is 338 g/mol. The quantitative estimate of drug-likeness (QED) is 0.494. The van der Waals surface area contributed by atoms with Crippen molar-refractivity contribution in [3.05, 3.63) is 0 Å². The second-order valence-corrected chi connectivity index (χ2v) is 6.40. The van der Waals surface area contributed by atoms with E-state index in [0.717, 1.165) is 42.9 Å². The maximum absolute atomic E-state index is 11.2. The summed E-state index contributed by atoms with van der Waals surface area (Å²) in [5.41, 5.74) is 0. The fourth-order valence-electron chi connectivity index (χ4n) is 1.61. The number of morpholine rings is 1. The minimum absolute atomic E-state index is 0. The second-order valence-electron chi connectivity index (χ2n) is 4.08. The number of hydrogen-bond acceptors (Lipinski definition) is 7. The van der Waals surface area contributed by atoms with Crippen LogP contribution < -0.4 is 17.7 Å². The van der Waals surface area contributed by atoms with Gasteiger partial charge in [0.05, 0.1) is 13.2 Å². The zero-order valence-electron chi connectivity index (χ0n) is 11.3. The van der Waals surface area contributed by atoms with Crippen LogP contribution in [-0.2, 0) is 9.53 Å². The van der Waals surface area contributed by atoms with Gasteiger partial charge in [0.15, 0.2) is 4.34 Å². The Morgan fingerprint density at radius 3 is 2.90 bits per heavy atom. The molecule has 1 N–H and O–H groups in total. The van der Waals surface area contributed by atoms with Crippen molar-refractivity contribution in [2.75, 3.05) is 43.9 Å². The van der Waals surface area contributed by atoms with Crippen molar-refractivity contribution in [1.29, 1.82) is 0 Å². The molecule has 2 rings (SSSR count). The van der Waals surface area contributed by atoms with Crippen LogP contribution >= 0.6 is 23.1 Å². The molecular weight excluding hydrogens is 320 g/mol. The molecule has 20 heavy (non-hydrogen) atoms. The minimum Gasteiger partial charge on any atom is -1.00 e. The van der Waals surface area contributed by atoms with Crippen LogP contribution in [0.4, 0.5) is 5.13 Å². The first-order valence-corrected chi connectivity index (χ1v) is 8.14. The van der Waals surface area contributed by atoms with Crippen LogP contribution in [0.5, 0.6) is 0 Å². The van der Waals surface area contributed by atoms with Crippen molar-refractivity contribution in [2.24, 2.45) is 0 Å². The van der Waals surface area contributed by atoms with Crippen molar-refractivity contribution >= 4 is 34.1 Å². The summed E-state index contributed by atoms with van der Waals surface area (Å²) < 4.78 is 6.21. The van der Waals surface area contributed by atoms with Crippen molar-refractivity contribution in [3.8, 4) is 0 Å². The number of halogens is 1. The predicted octanol–water partition coefficient (Wildman–Crippen LogP) is -1.69. The number of nitrogens with one attached hydrogen (secondary N) is 1. The Hall–Kier alpha value is -0.410. The van der Waals surface area contributed by atoms with E-state index in [1.165, 1.54) is 11.3 Å². The van der Waals surface area contributed by atoms with E-state index < -0.39 is 0 Å². The lowest BCUT2D eigenvalue weighted by atomic mass is 10.4. The molecular formula is C11H18ClN4O2S2-. The van der Waals surface area contributed by atoms with Gasteiger partial charge in [0.25, 0.3) is 0 Å². The number of amides is 1. The summed E-state index contributed by atoms with van der Waals surface area (Å²) in [7, 11) is 0. The van der Waals surface area contributed by atoms with Gasteiger partial charge in [0, 0.05) is 31.8 Å². The molecule has 1 aliphatic rings. The summed E-state index contributed by atoms with van der Waals surface area (Å²) in [6, 6.07) is 0. The molecule has 0 atom stereocenters. The molecule has 0 aromatic carbocycles. The van der Waals surface area contributed by atoms with Crippen molar-refractivity contribution in [3.63, 3.8) is 0 Å². The van der Waals surface area contributed by atoms with Gasteiger partial charge in [-0.2, -0.15) is 0 Å². The number of aromatic nitrogens is 2. The molecule has 6 nitrogen and oxygen atoms in total. The third kappa shape index (κ3) is 5.92. The Bertz CT molecular complexity index is 413. The summed E-state index contributed by atoms with van der Waals surface area (Å²) in [6.07, 6.45) is 0.457. The molecule has 0 unspecified atom stereocenters. The molecule has 1 amide bonds. The molecule has 1 saturated heterocycles. The lowest BCUT2D eigenvalue weighted by molar-refractivity contribution is -0.115. The van der Waals surface area contributed by atoms with Gasteiger partial charge in [0.2, 0.25) is 11.0 Å². The van der Waals surface area contributed by atoms with Gasteiger partial charge in [-0.3, -0.25) is 9.69 Å². The third-order valence-electron chi connectivity index (χ3n) is 2.71. The Morgan fingerprint density at radius 2 is 2.20 bits per heavy atom. The molecule has 0 bridgehead atoms. The first-order valence-electron chi connectivity index (χ1n) is 6.34. The molecule has 114 valence electrons. The van der Waals surface area contributed by atoms with E-state index in [1.54, 1.807) is 11.8 Å². The van der Waals surface area contributed by atoms with Crippen LogP contribution in [0.15, 0.2) is 4.34 Å². The van der Waals surface area contributed by atoms with Gasteiger partial charge in [0.1, 0.15) is 0 Å². The van der Waals surface area contributed by atoms with Crippen LogP contribution in [0.3, 0.4) is 0 Å². The van der Waals surface area contributed by atoms with E-state index in [9.17, 15) is 4.79 Å². The highest BCUT2D eigenvalue weighted by atomic mass is 35.5. The number of ether oxygens (including phenoxy) is 1. The van der Waals surface area contributed by atoms with E-state index in [2.05, 4.69) is 20.4 Å². The van der Waals surface area contributed by atoms with Gasteiger partial charge in [-0.1, -0.05) is 30.0 Å². The van der Waals surface area contributed by atoms with Crippen LogP contribution in [0.1, 0.15) is 13.3 Å². The lowest BCUT2D eigenvalue weighted by Gasteiger charge is -2.25. The predicted molar refractivity (Wildman–Crippen MR) is 76.8 cm³/mol. The molecule has 0 saturated carbocycles. The van der Waals surface area contributed by atoms with Crippen LogP contribution in [0.25, 0.3) is 0 Å². The zero-order chi connectivity index (χ0) is 13.5. The maximum atomic E-state index is 11.2. The standard InChI is InChI=1S/C11H18N4O2S2.ClH/c1-2-9(16)12-10-13-14-11(19-10)18-8-5-15-3-6-17-7-4-15;/h2-8H2,1H3,(H,12,13,16);1H/p-1. The Kier molecular flexibility index (Phi) is 8.39. The Morgan fingerprint density at radius 1 is 1.45 bits per heavy atom. The zero-order valence-corrected chi connectivity index (χ0v) is 13.7. The molecule has 2 heterocycles. The highest BCUT2D eigenvalue weighted by Gasteiger charge is 2.11. The van der Waals surface area contributed by atoms with Gasteiger partial charge in [-0.25, -0.2) is 0 Å². The van der Waals surface area contributed by atoms with E-state index in [1.807, 2.05) is 6.92 Å². The summed E-state index contributed by atoms with van der Waals surface area (Å²) in [5, 5.41) is 11.3. The molecule has 1 aromatic rings. The number of thioether (sulfide) groups is 1. The summed E-state index contributed by atoms with van der Waals surface area (Å²) in [6.45, 7) is 6.52. The Labute approximate surface area is 133 Å². The van der Waals surface area contributed by atoms with E-state index >= 15 is 0 Å². The van der Waals surface area contributed by atoms with Crippen LogP contribution in [0, 0.1) is 0 Å². The SMILES string of the molecule is CCC(=O)Nc1nnc(SCCN2CCOCC2)s1.[Cl-]. The molecule has 1 aliphatic heterocycles. The number of nitrogens with zero attached hydrogens (tertiary/aromatic N) is 3. The first kappa shape index (κ1) is 17.6. The smallest absolute Gasteiger partial charge is 0.225 e. The van der Waals surface area contributed by atoms with Gasteiger partial charge in [-0.15, -0.1) is 10.2 Å². The third-order valence-corrected chi connectivity index (χ3v) is 4.66. The topological polar surface area (TPSA) is 67.4 Å². The number of carbonyl (C=O) groups excluding carboxylic acids is 1. The molecule has 0 spiro atoms. The summed E-state index contributed by atoms with van der Waals surface area (Å²) >= 11 is 3.11. The average Bonchev–Trinajstić information content (AvgIpc) is 2.87. The highest BCUT2D eigenvalue weighted by molar-refractivity contribution is 8.01. The molecule has 0 aliphatic carbocycles. The first-order chi connectivity index (χ1) is 9.28. The van der Waals surface area contributed by atoms with Crippen molar-refractivity contribution < 1.29 is 21.9 Å². The van der Waals surface area contributed by atoms with Gasteiger partial charge >= 0.3 is 0 Å². The lowest BCUT2D eigenvalue weighted by Crippen LogP contribution is -3.00. The van der Waals surface area contributed by atoms with Crippen LogP contribution in [0.2, 0.25) is 0 Å². The summed E-state index contributed by atoms with van der Waals surface area (Å²) in [4.78, 5) is 13.6. The largest absolute Gasteiger partial charge is 1.00 e. The minimum atomic E-state index is -0.0268. The Balaban J connectivity index is 0.00000200. The fraction of sp³-hybridized carbons (Fsp3) is 0.727. The second kappa shape index (κ2) is 9.51. The number of carbonyl (C=O) groups is 1. The van der Waals surface area contributed by atoms with Gasteiger partial charge in [-0.05, 0) is 0 Å². The maximum Gasteiger partial charge on any atom is 0.225 e. The van der Waals surface area contributed by atoms with Crippen molar-refractivity contribution in [2.45, 2.75) is 17.7 Å². The van der Waals surface area contributed by atoms with E-state index in [0.29, 0.717) is 11.6 Å². The number of rotatable bonds is 6. The molecule has 9 heteroatoms. The summed E-state index contributed by atoms with van der Waals surface area (Å²) in [5.74, 6) is 0.956. The van der Waals surface area contributed by atoms with E-state index in [4.69, 9.17) is 4.74 Å². The van der Waals surface area contributed by atoms with Gasteiger partial charge < -0.3 is 22.5 Å².